The molecule has 0 aromatic carbocycles. The van der Waals surface area contributed by atoms with Crippen LogP contribution in [0.5, 0.6) is 0 Å². The Labute approximate surface area is 163 Å². The van der Waals surface area contributed by atoms with Crippen LogP contribution in [0.4, 0.5) is 0 Å². The highest BCUT2D eigenvalue weighted by molar-refractivity contribution is 5.80. The van der Waals surface area contributed by atoms with Crippen LogP contribution in [0.2, 0.25) is 0 Å². The summed E-state index contributed by atoms with van der Waals surface area (Å²) in [5.41, 5.74) is -0.134. The Morgan fingerprint density at radius 2 is 1.89 bits per heavy atom. The first-order valence-corrected chi connectivity index (χ1v) is 10.6. The van der Waals surface area contributed by atoms with Gasteiger partial charge in [0.25, 0.3) is 0 Å². The predicted molar refractivity (Wildman–Crippen MR) is 108 cm³/mol. The molecule has 1 saturated carbocycles. The van der Waals surface area contributed by atoms with Crippen LogP contribution >= 0.6 is 0 Å². The van der Waals surface area contributed by atoms with E-state index in [1.54, 1.807) is 0 Å². The number of likely N-dealkylation sites (tertiary alicyclic amines) is 1. The lowest BCUT2D eigenvalue weighted by Gasteiger charge is -2.36. The molecule has 1 aliphatic heterocycles. The monoisotopic (exact) mass is 376 g/mol. The Balaban J connectivity index is 1.51. The van der Waals surface area contributed by atoms with Crippen molar-refractivity contribution in [1.82, 2.24) is 25.7 Å². The minimum absolute atomic E-state index is 0.134. The van der Waals surface area contributed by atoms with Crippen molar-refractivity contribution >= 4 is 5.96 Å². The number of aromatic nitrogens is 2. The molecule has 3 rings (SSSR count). The van der Waals surface area contributed by atoms with Gasteiger partial charge in [0, 0.05) is 37.1 Å². The normalized spacial score (nSPS) is 21.0. The molecule has 2 heterocycles. The van der Waals surface area contributed by atoms with E-state index < -0.39 is 0 Å². The first kappa shape index (κ1) is 20.1. The zero-order valence-electron chi connectivity index (χ0n) is 17.4. The Morgan fingerprint density at radius 3 is 2.48 bits per heavy atom. The van der Waals surface area contributed by atoms with Crippen LogP contribution in [0.1, 0.15) is 77.9 Å². The molecule has 0 spiro atoms. The summed E-state index contributed by atoms with van der Waals surface area (Å²) in [4.78, 5) is 11.8. The molecule has 1 aromatic heterocycles. The number of aliphatic imine (C=N–C) groups is 1. The fourth-order valence-corrected chi connectivity index (χ4v) is 3.96. The molecule has 2 N–H and O–H groups in total. The highest BCUT2D eigenvalue weighted by Gasteiger charge is 2.27. The molecule has 7 heteroatoms. The second-order valence-electron chi connectivity index (χ2n) is 8.85. The van der Waals surface area contributed by atoms with Crippen LogP contribution in [-0.4, -0.2) is 52.7 Å². The summed E-state index contributed by atoms with van der Waals surface area (Å²) in [5.74, 6) is 2.14. The lowest BCUT2D eigenvalue weighted by atomic mass is 9.97. The van der Waals surface area contributed by atoms with Gasteiger partial charge >= 0.3 is 0 Å². The first-order valence-electron chi connectivity index (χ1n) is 10.6. The van der Waals surface area contributed by atoms with E-state index in [-0.39, 0.29) is 5.41 Å². The van der Waals surface area contributed by atoms with Gasteiger partial charge in [-0.05, 0) is 32.6 Å². The summed E-state index contributed by atoms with van der Waals surface area (Å²) in [6, 6.07) is 1.32. The third kappa shape index (κ3) is 5.67. The maximum atomic E-state index is 5.36. The molecule has 0 unspecified atom stereocenters. The second kappa shape index (κ2) is 9.04. The van der Waals surface area contributed by atoms with Crippen molar-refractivity contribution < 1.29 is 4.52 Å². The Bertz CT molecular complexity index is 606. The third-order valence-corrected chi connectivity index (χ3v) is 5.54. The van der Waals surface area contributed by atoms with Gasteiger partial charge in [-0.2, -0.15) is 4.98 Å². The standard InChI is InChI=1S/C20H36N6O/c1-5-21-19(22-14-17-24-18(27-25-17)20(2,3)4)23-15-10-12-26(13-11-15)16-8-6-7-9-16/h15-16H,5-14H2,1-4H3,(H2,21,22,23). The quantitative estimate of drug-likeness (QED) is 0.608. The van der Waals surface area contributed by atoms with E-state index in [1.165, 1.54) is 51.6 Å². The van der Waals surface area contributed by atoms with E-state index in [0.717, 1.165) is 18.5 Å². The predicted octanol–water partition coefficient (Wildman–Crippen LogP) is 2.83. The topological polar surface area (TPSA) is 78.6 Å². The van der Waals surface area contributed by atoms with Crippen molar-refractivity contribution in [2.75, 3.05) is 19.6 Å². The second-order valence-corrected chi connectivity index (χ2v) is 8.85. The SMILES string of the molecule is CCNC(=NCc1noc(C(C)(C)C)n1)NC1CCN(C2CCCC2)CC1. The highest BCUT2D eigenvalue weighted by Crippen LogP contribution is 2.26. The molecule has 2 aliphatic rings. The van der Waals surface area contributed by atoms with Gasteiger partial charge in [-0.1, -0.05) is 38.8 Å². The summed E-state index contributed by atoms with van der Waals surface area (Å²) < 4.78 is 5.36. The average molecular weight is 377 g/mol. The average Bonchev–Trinajstić information content (AvgIpc) is 3.32. The van der Waals surface area contributed by atoms with E-state index in [1.807, 2.05) is 0 Å². The zero-order chi connectivity index (χ0) is 19.3. The van der Waals surface area contributed by atoms with Gasteiger partial charge in [0.1, 0.15) is 6.54 Å². The van der Waals surface area contributed by atoms with E-state index in [2.05, 4.69) is 58.4 Å². The molecule has 0 amide bonds. The third-order valence-electron chi connectivity index (χ3n) is 5.54. The van der Waals surface area contributed by atoms with E-state index in [0.29, 0.717) is 24.3 Å². The van der Waals surface area contributed by atoms with Crippen LogP contribution in [0.15, 0.2) is 9.52 Å². The number of guanidine groups is 1. The fourth-order valence-electron chi connectivity index (χ4n) is 3.96. The minimum atomic E-state index is -0.134. The molecule has 1 aliphatic carbocycles. The van der Waals surface area contributed by atoms with E-state index >= 15 is 0 Å². The van der Waals surface area contributed by atoms with Gasteiger partial charge in [-0.15, -0.1) is 0 Å². The number of piperidine rings is 1. The zero-order valence-corrected chi connectivity index (χ0v) is 17.4. The molecule has 27 heavy (non-hydrogen) atoms. The fraction of sp³-hybridized carbons (Fsp3) is 0.850. The molecule has 152 valence electrons. The summed E-state index contributed by atoms with van der Waals surface area (Å²) in [6.07, 6.45) is 7.96. The Hall–Kier alpha value is -1.63. The van der Waals surface area contributed by atoms with Gasteiger partial charge in [-0.3, -0.25) is 0 Å². The number of rotatable bonds is 5. The molecule has 1 aromatic rings. The van der Waals surface area contributed by atoms with Crippen LogP contribution in [0.25, 0.3) is 0 Å². The highest BCUT2D eigenvalue weighted by atomic mass is 16.5. The molecule has 7 nitrogen and oxygen atoms in total. The van der Waals surface area contributed by atoms with Crippen molar-refractivity contribution in [3.63, 3.8) is 0 Å². The summed E-state index contributed by atoms with van der Waals surface area (Å²) in [5, 5.41) is 11.0. The van der Waals surface area contributed by atoms with Gasteiger partial charge < -0.3 is 20.1 Å². The largest absolute Gasteiger partial charge is 0.357 e. The number of hydrogen-bond donors (Lipinski definition) is 2. The maximum absolute atomic E-state index is 5.36. The number of hydrogen-bond acceptors (Lipinski definition) is 5. The number of nitrogens with one attached hydrogen (secondary N) is 2. The Morgan fingerprint density at radius 1 is 1.19 bits per heavy atom. The van der Waals surface area contributed by atoms with Gasteiger partial charge in [-0.25, -0.2) is 4.99 Å². The molecule has 0 radical (unpaired) electrons. The van der Waals surface area contributed by atoms with Crippen molar-refractivity contribution in [2.24, 2.45) is 4.99 Å². The minimum Gasteiger partial charge on any atom is -0.357 e. The van der Waals surface area contributed by atoms with Crippen LogP contribution < -0.4 is 10.6 Å². The Kier molecular flexibility index (Phi) is 6.73. The van der Waals surface area contributed by atoms with Crippen LogP contribution in [0.3, 0.4) is 0 Å². The van der Waals surface area contributed by atoms with Crippen molar-refractivity contribution in [2.45, 2.75) is 90.3 Å². The van der Waals surface area contributed by atoms with Crippen LogP contribution in [-0.2, 0) is 12.0 Å². The molecule has 2 fully saturated rings. The van der Waals surface area contributed by atoms with Crippen molar-refractivity contribution in [3.8, 4) is 0 Å². The van der Waals surface area contributed by atoms with Gasteiger partial charge in [0.2, 0.25) is 5.89 Å². The molecule has 0 bridgehead atoms. The lowest BCUT2D eigenvalue weighted by Crippen LogP contribution is -2.50. The molecular weight excluding hydrogens is 340 g/mol. The number of nitrogens with zero attached hydrogens (tertiary/aromatic N) is 4. The summed E-state index contributed by atoms with van der Waals surface area (Å²) >= 11 is 0. The molecule has 0 atom stereocenters. The van der Waals surface area contributed by atoms with E-state index in [9.17, 15) is 0 Å². The van der Waals surface area contributed by atoms with Crippen molar-refractivity contribution in [3.05, 3.63) is 11.7 Å². The molecule has 1 saturated heterocycles. The summed E-state index contributed by atoms with van der Waals surface area (Å²) in [6.45, 7) is 11.9. The van der Waals surface area contributed by atoms with Crippen molar-refractivity contribution in [1.29, 1.82) is 0 Å². The molecular formula is C20H36N6O. The summed E-state index contributed by atoms with van der Waals surface area (Å²) in [7, 11) is 0. The lowest BCUT2D eigenvalue weighted by molar-refractivity contribution is 0.150. The first-order chi connectivity index (χ1) is 13.0. The van der Waals surface area contributed by atoms with Gasteiger partial charge in [0.15, 0.2) is 11.8 Å². The maximum Gasteiger partial charge on any atom is 0.232 e. The van der Waals surface area contributed by atoms with Gasteiger partial charge in [0.05, 0.1) is 0 Å². The van der Waals surface area contributed by atoms with Crippen LogP contribution in [0, 0.1) is 0 Å². The smallest absolute Gasteiger partial charge is 0.232 e. The van der Waals surface area contributed by atoms with E-state index in [4.69, 9.17) is 4.52 Å².